The summed E-state index contributed by atoms with van der Waals surface area (Å²) in [7, 11) is 0. The van der Waals surface area contributed by atoms with Crippen LogP contribution in [0.15, 0.2) is 42.5 Å². The molecule has 2 unspecified atom stereocenters. The molecule has 0 aliphatic carbocycles. The predicted octanol–water partition coefficient (Wildman–Crippen LogP) is 3.50. The zero-order chi connectivity index (χ0) is 16.4. The van der Waals surface area contributed by atoms with Crippen LogP contribution in [0, 0.1) is 13.8 Å². The minimum atomic E-state index is -0.294. The molecule has 0 radical (unpaired) electrons. The highest BCUT2D eigenvalue weighted by atomic mass is 35.5. The van der Waals surface area contributed by atoms with Gasteiger partial charge in [0.05, 0.1) is 0 Å². The van der Waals surface area contributed by atoms with Crippen LogP contribution in [0.4, 0.5) is 5.69 Å². The Kier molecular flexibility index (Phi) is 4.66. The fourth-order valence-electron chi connectivity index (χ4n) is 2.86. The van der Waals surface area contributed by atoms with E-state index in [9.17, 15) is 4.79 Å². The number of carbonyl (C=O) groups excluding carboxylic acids is 1. The number of halogens is 1. The van der Waals surface area contributed by atoms with E-state index in [1.807, 2.05) is 50.2 Å². The molecule has 23 heavy (non-hydrogen) atoms. The Morgan fingerprint density at radius 1 is 1.17 bits per heavy atom. The Balaban J connectivity index is 1.67. The summed E-state index contributed by atoms with van der Waals surface area (Å²) in [4.78, 5) is 12.5. The highest BCUT2D eigenvalue weighted by Gasteiger charge is 2.31. The van der Waals surface area contributed by atoms with Crippen LogP contribution in [-0.4, -0.2) is 11.9 Å². The van der Waals surface area contributed by atoms with E-state index in [1.54, 1.807) is 0 Å². The van der Waals surface area contributed by atoms with E-state index < -0.39 is 0 Å². The molecule has 1 heterocycles. The average molecular weight is 330 g/mol. The summed E-state index contributed by atoms with van der Waals surface area (Å²) >= 11 is 6.23. The van der Waals surface area contributed by atoms with Gasteiger partial charge in [-0.3, -0.25) is 4.79 Å². The summed E-state index contributed by atoms with van der Waals surface area (Å²) in [5.41, 5.74) is 10.3. The van der Waals surface area contributed by atoms with Crippen LogP contribution in [0.5, 0.6) is 0 Å². The van der Waals surface area contributed by atoms with Crippen molar-refractivity contribution >= 4 is 23.2 Å². The third-order valence-electron chi connectivity index (χ3n) is 4.14. The van der Waals surface area contributed by atoms with Gasteiger partial charge in [-0.15, -0.1) is 0 Å². The molecule has 2 aromatic carbocycles. The maximum Gasteiger partial charge on any atom is 0.242 e. The van der Waals surface area contributed by atoms with Crippen LogP contribution in [0.3, 0.4) is 0 Å². The first kappa shape index (κ1) is 16.0. The van der Waals surface area contributed by atoms with Crippen LogP contribution >= 0.6 is 11.6 Å². The number of aryl methyl sites for hydroxylation is 2. The van der Waals surface area contributed by atoms with Gasteiger partial charge in [-0.1, -0.05) is 47.5 Å². The predicted molar refractivity (Wildman–Crippen MR) is 93.4 cm³/mol. The van der Waals surface area contributed by atoms with Gasteiger partial charge in [0.15, 0.2) is 0 Å². The molecule has 1 saturated heterocycles. The first-order valence-corrected chi connectivity index (χ1v) is 8.06. The van der Waals surface area contributed by atoms with Gasteiger partial charge in [0.1, 0.15) is 6.04 Å². The third-order valence-corrected chi connectivity index (χ3v) is 4.48. The molecule has 120 valence electrons. The minimum Gasteiger partial charge on any atom is -0.324 e. The molecular formula is C18H20ClN3O. The van der Waals surface area contributed by atoms with Gasteiger partial charge in [0.2, 0.25) is 5.91 Å². The number of anilines is 1. The molecule has 1 fully saturated rings. The molecule has 1 aliphatic rings. The molecule has 0 saturated carbocycles. The highest BCUT2D eigenvalue weighted by molar-refractivity contribution is 6.31. The van der Waals surface area contributed by atoms with E-state index in [2.05, 4.69) is 22.2 Å². The van der Waals surface area contributed by atoms with E-state index in [-0.39, 0.29) is 18.0 Å². The average Bonchev–Trinajstić information content (AvgIpc) is 3.00. The molecule has 3 N–H and O–H groups in total. The Bertz CT molecular complexity index is 732. The number of amides is 1. The number of hydrogen-bond acceptors (Lipinski definition) is 3. The van der Waals surface area contributed by atoms with E-state index in [4.69, 9.17) is 11.6 Å². The molecule has 5 heteroatoms. The summed E-state index contributed by atoms with van der Waals surface area (Å²) in [5, 5.41) is 3.70. The minimum absolute atomic E-state index is 0.0264. The largest absolute Gasteiger partial charge is 0.324 e. The second-order valence-electron chi connectivity index (χ2n) is 5.96. The molecule has 4 nitrogen and oxygen atoms in total. The Morgan fingerprint density at radius 3 is 2.70 bits per heavy atom. The quantitative estimate of drug-likeness (QED) is 0.807. The first-order valence-electron chi connectivity index (χ1n) is 7.68. The van der Waals surface area contributed by atoms with Crippen LogP contribution in [0.2, 0.25) is 5.02 Å². The molecule has 0 aromatic heterocycles. The smallest absolute Gasteiger partial charge is 0.242 e. The lowest BCUT2D eigenvalue weighted by atomic mass is 10.0. The summed E-state index contributed by atoms with van der Waals surface area (Å²) in [5.74, 6) is -0.0426. The monoisotopic (exact) mass is 329 g/mol. The molecule has 0 spiro atoms. The van der Waals surface area contributed by atoms with Crippen molar-refractivity contribution in [2.45, 2.75) is 32.4 Å². The Morgan fingerprint density at radius 2 is 1.96 bits per heavy atom. The second-order valence-corrected chi connectivity index (χ2v) is 6.37. The van der Waals surface area contributed by atoms with E-state index in [0.717, 1.165) is 16.8 Å². The van der Waals surface area contributed by atoms with Crippen molar-refractivity contribution in [2.24, 2.45) is 0 Å². The lowest BCUT2D eigenvalue weighted by Gasteiger charge is -2.13. The van der Waals surface area contributed by atoms with Crippen LogP contribution in [0.25, 0.3) is 0 Å². The van der Waals surface area contributed by atoms with Crippen molar-refractivity contribution in [1.29, 1.82) is 0 Å². The van der Waals surface area contributed by atoms with Gasteiger partial charge in [-0.25, -0.2) is 10.9 Å². The van der Waals surface area contributed by atoms with Crippen LogP contribution in [0.1, 0.15) is 29.2 Å². The van der Waals surface area contributed by atoms with Gasteiger partial charge in [-0.05, 0) is 43.5 Å². The lowest BCUT2D eigenvalue weighted by Crippen LogP contribution is -2.39. The van der Waals surface area contributed by atoms with Gasteiger partial charge in [0, 0.05) is 16.8 Å². The molecule has 2 atom stereocenters. The van der Waals surface area contributed by atoms with Gasteiger partial charge >= 0.3 is 0 Å². The number of carbonyl (C=O) groups is 1. The standard InChI is InChI=1S/C18H20ClN3O/c1-11-7-8-15(12(2)9-11)20-18(23)17-10-16(21-22-17)13-5-3-4-6-14(13)19/h3-9,16-17,21-22H,10H2,1-2H3,(H,20,23). The van der Waals surface area contributed by atoms with E-state index >= 15 is 0 Å². The molecule has 1 aliphatic heterocycles. The van der Waals surface area contributed by atoms with Crippen molar-refractivity contribution in [3.63, 3.8) is 0 Å². The highest BCUT2D eigenvalue weighted by Crippen LogP contribution is 2.28. The summed E-state index contributed by atoms with van der Waals surface area (Å²) in [6, 6.07) is 13.4. The van der Waals surface area contributed by atoms with Crippen LogP contribution in [-0.2, 0) is 4.79 Å². The molecule has 3 rings (SSSR count). The maximum absolute atomic E-state index is 12.5. The molecule has 0 bridgehead atoms. The van der Waals surface area contributed by atoms with Crippen molar-refractivity contribution < 1.29 is 4.79 Å². The SMILES string of the molecule is Cc1ccc(NC(=O)C2CC(c3ccccc3Cl)NN2)c(C)c1. The van der Waals surface area contributed by atoms with Crippen molar-refractivity contribution in [3.05, 3.63) is 64.2 Å². The maximum atomic E-state index is 12.5. The fourth-order valence-corrected chi connectivity index (χ4v) is 3.13. The number of rotatable bonds is 3. The number of hydrogen-bond donors (Lipinski definition) is 3. The zero-order valence-electron chi connectivity index (χ0n) is 13.2. The fraction of sp³-hybridized carbons (Fsp3) is 0.278. The third kappa shape index (κ3) is 3.55. The van der Waals surface area contributed by atoms with Crippen molar-refractivity contribution in [1.82, 2.24) is 10.9 Å². The van der Waals surface area contributed by atoms with Crippen molar-refractivity contribution in [2.75, 3.05) is 5.32 Å². The molecule has 2 aromatic rings. The molecular weight excluding hydrogens is 310 g/mol. The summed E-state index contributed by atoms with van der Waals surface area (Å²) < 4.78 is 0. The van der Waals surface area contributed by atoms with Gasteiger partial charge in [-0.2, -0.15) is 0 Å². The second kappa shape index (κ2) is 6.71. The number of nitrogens with one attached hydrogen (secondary N) is 3. The van der Waals surface area contributed by atoms with Crippen LogP contribution < -0.4 is 16.2 Å². The van der Waals surface area contributed by atoms with Gasteiger partial charge < -0.3 is 5.32 Å². The normalized spacial score (nSPS) is 20.5. The molecule has 1 amide bonds. The Labute approximate surface area is 141 Å². The zero-order valence-corrected chi connectivity index (χ0v) is 13.9. The summed E-state index contributed by atoms with van der Waals surface area (Å²) in [6.07, 6.45) is 0.653. The van der Waals surface area contributed by atoms with E-state index in [0.29, 0.717) is 11.4 Å². The summed E-state index contributed by atoms with van der Waals surface area (Å²) in [6.45, 7) is 4.03. The topological polar surface area (TPSA) is 53.2 Å². The van der Waals surface area contributed by atoms with Gasteiger partial charge in [0.25, 0.3) is 0 Å². The Hall–Kier alpha value is -1.88. The number of hydrazine groups is 1. The first-order chi connectivity index (χ1) is 11.0. The number of benzene rings is 2. The lowest BCUT2D eigenvalue weighted by molar-refractivity contribution is -0.117. The van der Waals surface area contributed by atoms with E-state index in [1.165, 1.54) is 5.56 Å². The van der Waals surface area contributed by atoms with Crippen molar-refractivity contribution in [3.8, 4) is 0 Å².